The van der Waals surface area contributed by atoms with Crippen LogP contribution < -0.4 is 0 Å². The first kappa shape index (κ1) is 21.5. The molecule has 2 rings (SSSR count). The fourth-order valence-electron chi connectivity index (χ4n) is 2.68. The number of hydrogen-bond acceptors (Lipinski definition) is 7. The summed E-state index contributed by atoms with van der Waals surface area (Å²) in [5, 5.41) is 20.9. The summed E-state index contributed by atoms with van der Waals surface area (Å²) in [7, 11) is 0. The van der Waals surface area contributed by atoms with Gasteiger partial charge in [-0.15, -0.1) is 6.58 Å². The number of hydrogen-bond donors (Lipinski definition) is 2. The molecule has 0 saturated carbocycles. The van der Waals surface area contributed by atoms with E-state index in [-0.39, 0.29) is 19.1 Å². The van der Waals surface area contributed by atoms with E-state index in [2.05, 4.69) is 6.58 Å². The van der Waals surface area contributed by atoms with Crippen molar-refractivity contribution in [1.29, 1.82) is 0 Å². The molecule has 7 nitrogen and oxygen atoms in total. The summed E-state index contributed by atoms with van der Waals surface area (Å²) in [5.41, 5.74) is 0.978. The van der Waals surface area contributed by atoms with Crippen LogP contribution in [0.15, 0.2) is 43.0 Å². The number of esters is 1. The van der Waals surface area contributed by atoms with Crippen LogP contribution in [0.5, 0.6) is 0 Å². The van der Waals surface area contributed by atoms with E-state index in [0.717, 1.165) is 5.56 Å². The number of aliphatic hydroxyl groups excluding tert-OH is 2. The van der Waals surface area contributed by atoms with Crippen LogP contribution in [0, 0.1) is 5.92 Å². The van der Waals surface area contributed by atoms with Crippen LogP contribution in [0.1, 0.15) is 19.4 Å². The fraction of sp³-hybridized carbons (Fsp3) is 0.550. The zero-order valence-corrected chi connectivity index (χ0v) is 15.7. The van der Waals surface area contributed by atoms with E-state index in [9.17, 15) is 15.0 Å². The minimum absolute atomic E-state index is 0.0475. The lowest BCUT2D eigenvalue weighted by Crippen LogP contribution is -2.61. The highest BCUT2D eigenvalue weighted by Gasteiger charge is 2.47. The van der Waals surface area contributed by atoms with Crippen molar-refractivity contribution in [3.05, 3.63) is 48.6 Å². The Bertz CT molecular complexity index is 589. The van der Waals surface area contributed by atoms with Gasteiger partial charge in [-0.2, -0.15) is 0 Å². The maximum atomic E-state index is 11.9. The molecule has 1 saturated heterocycles. The summed E-state index contributed by atoms with van der Waals surface area (Å²) in [6.07, 6.45) is -3.99. The Morgan fingerprint density at radius 1 is 1.26 bits per heavy atom. The molecule has 1 aliphatic heterocycles. The lowest BCUT2D eigenvalue weighted by Gasteiger charge is -2.42. The molecule has 1 aliphatic rings. The number of benzene rings is 1. The van der Waals surface area contributed by atoms with E-state index < -0.39 is 36.7 Å². The van der Waals surface area contributed by atoms with E-state index in [1.807, 2.05) is 30.3 Å². The van der Waals surface area contributed by atoms with Gasteiger partial charge in [0.15, 0.2) is 12.4 Å². The second-order valence-electron chi connectivity index (χ2n) is 6.70. The van der Waals surface area contributed by atoms with E-state index in [4.69, 9.17) is 18.9 Å². The Labute approximate surface area is 159 Å². The van der Waals surface area contributed by atoms with Gasteiger partial charge >= 0.3 is 5.97 Å². The van der Waals surface area contributed by atoms with E-state index in [1.165, 1.54) is 6.08 Å². The number of rotatable bonds is 9. The molecule has 0 aliphatic carbocycles. The third-order valence-corrected chi connectivity index (χ3v) is 4.16. The molecule has 7 heteroatoms. The Morgan fingerprint density at radius 3 is 2.59 bits per heavy atom. The van der Waals surface area contributed by atoms with Crippen molar-refractivity contribution in [2.75, 3.05) is 13.2 Å². The molecule has 0 amide bonds. The lowest BCUT2D eigenvalue weighted by atomic mass is 9.98. The largest absolute Gasteiger partial charge is 0.454 e. The molecule has 1 fully saturated rings. The van der Waals surface area contributed by atoms with Crippen LogP contribution >= 0.6 is 0 Å². The summed E-state index contributed by atoms with van der Waals surface area (Å²) in [6, 6.07) is 9.56. The van der Waals surface area contributed by atoms with Crippen LogP contribution in [0.25, 0.3) is 0 Å². The quantitative estimate of drug-likeness (QED) is 0.494. The molecule has 0 bridgehead atoms. The van der Waals surface area contributed by atoms with Crippen LogP contribution in [0.3, 0.4) is 0 Å². The summed E-state index contributed by atoms with van der Waals surface area (Å²) in [4.78, 5) is 11.9. The predicted octanol–water partition coefficient (Wildman–Crippen LogP) is 1.42. The molecule has 5 atom stereocenters. The molecule has 150 valence electrons. The summed E-state index contributed by atoms with van der Waals surface area (Å²) >= 11 is 0. The van der Waals surface area contributed by atoms with Gasteiger partial charge in [0, 0.05) is 0 Å². The second-order valence-corrected chi connectivity index (χ2v) is 6.70. The molecule has 0 spiro atoms. The van der Waals surface area contributed by atoms with Crippen LogP contribution in [0.4, 0.5) is 0 Å². The van der Waals surface area contributed by atoms with Crippen molar-refractivity contribution >= 4 is 5.97 Å². The maximum absolute atomic E-state index is 11.9. The molecule has 27 heavy (non-hydrogen) atoms. The molecule has 1 aromatic carbocycles. The van der Waals surface area contributed by atoms with Gasteiger partial charge in [0.25, 0.3) is 0 Å². The Morgan fingerprint density at radius 2 is 1.96 bits per heavy atom. The van der Waals surface area contributed by atoms with Crippen molar-refractivity contribution < 1.29 is 34.0 Å². The fourth-order valence-corrected chi connectivity index (χ4v) is 2.68. The highest BCUT2D eigenvalue weighted by molar-refractivity contribution is 5.71. The minimum atomic E-state index is -1.43. The van der Waals surface area contributed by atoms with Gasteiger partial charge in [0.2, 0.25) is 0 Å². The standard InChI is InChI=1S/C20H28O7/c1-4-10-25-17-16(21)15(12-24-11-14-8-6-5-7-9-14)26-20(23)18(17)27-19(22)13(2)3/h4-9,13,15-18,20-21,23H,1,10-12H2,2-3H3/t15-,16+,17+,18-,20-/m1/s1. The number of aliphatic hydroxyl groups is 2. The van der Waals surface area contributed by atoms with E-state index in [1.54, 1.807) is 13.8 Å². The van der Waals surface area contributed by atoms with Crippen molar-refractivity contribution in [3.63, 3.8) is 0 Å². The predicted molar refractivity (Wildman–Crippen MR) is 97.6 cm³/mol. The third-order valence-electron chi connectivity index (χ3n) is 4.16. The first-order valence-electron chi connectivity index (χ1n) is 9.00. The zero-order valence-electron chi connectivity index (χ0n) is 15.7. The van der Waals surface area contributed by atoms with Gasteiger partial charge in [-0.05, 0) is 5.56 Å². The summed E-state index contributed by atoms with van der Waals surface area (Å²) < 4.78 is 21.9. The maximum Gasteiger partial charge on any atom is 0.308 e. The monoisotopic (exact) mass is 380 g/mol. The second kappa shape index (κ2) is 10.5. The third kappa shape index (κ3) is 6.12. The summed E-state index contributed by atoms with van der Waals surface area (Å²) in [5.74, 6) is -0.901. The van der Waals surface area contributed by atoms with Crippen LogP contribution in [-0.2, 0) is 30.3 Å². The number of carbonyl (C=O) groups excluding carboxylic acids is 1. The SMILES string of the molecule is C=CCO[C@H]1[C@@H](O)[C@@H](COCc2ccccc2)O[C@@H](O)[C@@H]1OC(=O)C(C)C. The smallest absolute Gasteiger partial charge is 0.308 e. The highest BCUT2D eigenvalue weighted by atomic mass is 16.7. The van der Waals surface area contributed by atoms with Crippen molar-refractivity contribution in [2.45, 2.75) is 51.2 Å². The Kier molecular flexibility index (Phi) is 8.40. The van der Waals surface area contributed by atoms with Gasteiger partial charge in [-0.25, -0.2) is 0 Å². The molecule has 1 heterocycles. The first-order valence-corrected chi connectivity index (χ1v) is 9.00. The van der Waals surface area contributed by atoms with E-state index >= 15 is 0 Å². The minimum Gasteiger partial charge on any atom is -0.454 e. The highest BCUT2D eigenvalue weighted by Crippen LogP contribution is 2.26. The molecule has 0 unspecified atom stereocenters. The van der Waals surface area contributed by atoms with Gasteiger partial charge in [0.1, 0.15) is 18.3 Å². The average molecular weight is 380 g/mol. The Balaban J connectivity index is 2.00. The van der Waals surface area contributed by atoms with Crippen molar-refractivity contribution in [3.8, 4) is 0 Å². The van der Waals surface area contributed by atoms with Crippen molar-refractivity contribution in [2.24, 2.45) is 5.92 Å². The van der Waals surface area contributed by atoms with Crippen LogP contribution in [0.2, 0.25) is 0 Å². The van der Waals surface area contributed by atoms with Crippen molar-refractivity contribution in [1.82, 2.24) is 0 Å². The Hall–Kier alpha value is -1.77. The molecule has 2 N–H and O–H groups in total. The zero-order chi connectivity index (χ0) is 19.8. The van der Waals surface area contributed by atoms with Gasteiger partial charge < -0.3 is 29.2 Å². The van der Waals surface area contributed by atoms with Crippen LogP contribution in [-0.4, -0.2) is 60.1 Å². The number of ether oxygens (including phenoxy) is 4. The first-order chi connectivity index (χ1) is 12.9. The average Bonchev–Trinajstić information content (AvgIpc) is 2.65. The van der Waals surface area contributed by atoms with E-state index in [0.29, 0.717) is 6.61 Å². The lowest BCUT2D eigenvalue weighted by molar-refractivity contribution is -0.299. The summed E-state index contributed by atoms with van der Waals surface area (Å²) in [6.45, 7) is 7.44. The molecule has 0 aromatic heterocycles. The topological polar surface area (TPSA) is 94.5 Å². The normalized spacial score (nSPS) is 28.1. The molecule has 1 aromatic rings. The number of carbonyl (C=O) groups is 1. The van der Waals surface area contributed by atoms with Gasteiger partial charge in [-0.3, -0.25) is 4.79 Å². The molecular formula is C20H28O7. The molecule has 0 radical (unpaired) electrons. The van der Waals surface area contributed by atoms with Gasteiger partial charge in [0.05, 0.1) is 25.7 Å². The molecular weight excluding hydrogens is 352 g/mol. The van der Waals surface area contributed by atoms with Gasteiger partial charge in [-0.1, -0.05) is 50.3 Å².